The molecule has 0 aliphatic carbocycles. The number of hydrogen-bond donors (Lipinski definition) is 2. The van der Waals surface area contributed by atoms with Crippen LogP contribution >= 0.6 is 15.9 Å². The highest BCUT2D eigenvalue weighted by Crippen LogP contribution is 2.36. The Kier molecular flexibility index (Phi) is 4.09. The smallest absolute Gasteiger partial charge is 0.398 e. The molecule has 0 heterocycles. The van der Waals surface area contributed by atoms with Gasteiger partial charge in [0.25, 0.3) is 0 Å². The first-order chi connectivity index (χ1) is 9.81. The number of nitrogen functional groups attached to an aromatic ring is 1. The molecule has 3 N–H and O–H groups in total. The van der Waals surface area contributed by atoms with E-state index in [4.69, 9.17) is 11.0 Å². The third-order valence-electron chi connectivity index (χ3n) is 2.74. The van der Waals surface area contributed by atoms with E-state index in [2.05, 4.69) is 21.2 Å². The maximum absolute atomic E-state index is 12.8. The zero-order valence-corrected chi connectivity index (χ0v) is 12.1. The third kappa shape index (κ3) is 3.47. The molecule has 2 aromatic carbocycles. The molecule has 0 spiro atoms. The van der Waals surface area contributed by atoms with Crippen molar-refractivity contribution in [3.63, 3.8) is 0 Å². The zero-order chi connectivity index (χ0) is 15.6. The molecule has 0 unspecified atom stereocenters. The number of nitrogens with one attached hydrogen (secondary N) is 1. The molecule has 0 aliphatic heterocycles. The fraction of sp³-hybridized carbons (Fsp3) is 0.0714. The SMILES string of the molecule is N#Cc1ccc(Br)cc1Nc1ccc(N)c(C(F)(F)F)c1. The van der Waals surface area contributed by atoms with E-state index in [9.17, 15) is 13.2 Å². The van der Waals surface area contributed by atoms with Crippen LogP contribution in [0.4, 0.5) is 30.2 Å². The minimum absolute atomic E-state index is 0.200. The Balaban J connectivity index is 2.42. The lowest BCUT2D eigenvalue weighted by Gasteiger charge is -2.14. The molecule has 0 aromatic heterocycles. The number of benzene rings is 2. The summed E-state index contributed by atoms with van der Waals surface area (Å²) >= 11 is 3.25. The Labute approximate surface area is 127 Å². The molecule has 7 heteroatoms. The van der Waals surface area contributed by atoms with Crippen LogP contribution in [0.2, 0.25) is 0 Å². The minimum Gasteiger partial charge on any atom is -0.398 e. The van der Waals surface area contributed by atoms with Crippen LogP contribution in [0.3, 0.4) is 0 Å². The molecule has 0 aliphatic rings. The van der Waals surface area contributed by atoms with Gasteiger partial charge in [0.15, 0.2) is 0 Å². The Bertz CT molecular complexity index is 720. The molecule has 21 heavy (non-hydrogen) atoms. The van der Waals surface area contributed by atoms with Crippen molar-refractivity contribution < 1.29 is 13.2 Å². The number of rotatable bonds is 2. The lowest BCUT2D eigenvalue weighted by molar-refractivity contribution is -0.136. The van der Waals surface area contributed by atoms with Crippen molar-refractivity contribution in [2.45, 2.75) is 6.18 Å². The first kappa shape index (κ1) is 15.2. The summed E-state index contributed by atoms with van der Waals surface area (Å²) in [5, 5.41) is 11.8. The van der Waals surface area contributed by atoms with E-state index in [-0.39, 0.29) is 11.4 Å². The van der Waals surface area contributed by atoms with Gasteiger partial charge in [-0.25, -0.2) is 0 Å². The molecule has 108 valence electrons. The van der Waals surface area contributed by atoms with E-state index in [0.717, 1.165) is 6.07 Å². The van der Waals surface area contributed by atoms with E-state index in [1.165, 1.54) is 12.1 Å². The van der Waals surface area contributed by atoms with E-state index in [1.807, 2.05) is 6.07 Å². The topological polar surface area (TPSA) is 61.8 Å². The summed E-state index contributed by atoms with van der Waals surface area (Å²) in [7, 11) is 0. The molecule has 2 rings (SSSR count). The minimum atomic E-state index is -4.53. The van der Waals surface area contributed by atoms with Gasteiger partial charge in [-0.1, -0.05) is 15.9 Å². The fourth-order valence-corrected chi connectivity index (χ4v) is 2.11. The van der Waals surface area contributed by atoms with E-state index >= 15 is 0 Å². The maximum atomic E-state index is 12.8. The monoisotopic (exact) mass is 355 g/mol. The number of nitrogens with zero attached hydrogens (tertiary/aromatic N) is 1. The van der Waals surface area contributed by atoms with Crippen LogP contribution < -0.4 is 11.1 Å². The van der Waals surface area contributed by atoms with Crippen molar-refractivity contribution in [1.29, 1.82) is 5.26 Å². The average Bonchev–Trinajstić information content (AvgIpc) is 2.40. The molecular formula is C14H9BrF3N3. The van der Waals surface area contributed by atoms with Crippen molar-refractivity contribution >= 4 is 33.0 Å². The summed E-state index contributed by atoms with van der Waals surface area (Å²) in [5.41, 5.74) is 5.01. The zero-order valence-electron chi connectivity index (χ0n) is 10.5. The Morgan fingerprint density at radius 3 is 2.48 bits per heavy atom. The van der Waals surface area contributed by atoms with Crippen LogP contribution in [-0.2, 0) is 6.18 Å². The molecule has 0 saturated carbocycles. The number of anilines is 3. The van der Waals surface area contributed by atoms with Gasteiger partial charge in [-0.2, -0.15) is 18.4 Å². The molecule has 2 aromatic rings. The van der Waals surface area contributed by atoms with E-state index < -0.39 is 11.7 Å². The van der Waals surface area contributed by atoms with Crippen LogP contribution in [0.5, 0.6) is 0 Å². The van der Waals surface area contributed by atoms with Crippen molar-refractivity contribution in [1.82, 2.24) is 0 Å². The Morgan fingerprint density at radius 2 is 1.86 bits per heavy atom. The first-order valence-corrected chi connectivity index (χ1v) is 6.54. The molecule has 0 amide bonds. The second-order valence-electron chi connectivity index (χ2n) is 4.23. The van der Waals surface area contributed by atoms with Gasteiger partial charge >= 0.3 is 6.18 Å². The van der Waals surface area contributed by atoms with Crippen molar-refractivity contribution in [2.24, 2.45) is 0 Å². The number of halogens is 4. The van der Waals surface area contributed by atoms with Crippen LogP contribution in [0, 0.1) is 11.3 Å². The second kappa shape index (κ2) is 5.66. The number of alkyl halides is 3. The molecule has 0 saturated heterocycles. The molecule has 0 atom stereocenters. The van der Waals surface area contributed by atoms with Gasteiger partial charge in [-0.05, 0) is 36.4 Å². The summed E-state index contributed by atoms with van der Waals surface area (Å²) < 4.78 is 39.1. The van der Waals surface area contributed by atoms with Gasteiger partial charge in [-0.3, -0.25) is 0 Å². The number of nitriles is 1. The van der Waals surface area contributed by atoms with Crippen LogP contribution in [0.25, 0.3) is 0 Å². The van der Waals surface area contributed by atoms with Crippen LogP contribution in [-0.4, -0.2) is 0 Å². The molecular weight excluding hydrogens is 347 g/mol. The molecule has 0 bridgehead atoms. The Morgan fingerprint density at radius 1 is 1.14 bits per heavy atom. The van der Waals surface area contributed by atoms with Crippen LogP contribution in [0.1, 0.15) is 11.1 Å². The second-order valence-corrected chi connectivity index (χ2v) is 5.14. The fourth-order valence-electron chi connectivity index (χ4n) is 1.75. The standard InChI is InChI=1S/C14H9BrF3N3/c15-9-2-1-8(7-19)13(5-9)21-10-3-4-12(20)11(6-10)14(16,17)18/h1-6,21H,20H2. The third-order valence-corrected chi connectivity index (χ3v) is 3.23. The number of hydrogen-bond acceptors (Lipinski definition) is 3. The van der Waals surface area contributed by atoms with Gasteiger partial charge in [-0.15, -0.1) is 0 Å². The first-order valence-electron chi connectivity index (χ1n) is 5.74. The largest absolute Gasteiger partial charge is 0.418 e. The van der Waals surface area contributed by atoms with Gasteiger partial charge in [0.1, 0.15) is 6.07 Å². The predicted octanol–water partition coefficient (Wildman–Crippen LogP) is 4.67. The van der Waals surface area contributed by atoms with Gasteiger partial charge in [0, 0.05) is 15.8 Å². The van der Waals surface area contributed by atoms with Crippen molar-refractivity contribution in [2.75, 3.05) is 11.1 Å². The van der Waals surface area contributed by atoms with Gasteiger partial charge in [0.2, 0.25) is 0 Å². The summed E-state index contributed by atoms with van der Waals surface area (Å²) in [6.07, 6.45) is -4.53. The lowest BCUT2D eigenvalue weighted by atomic mass is 10.1. The normalized spacial score (nSPS) is 11.0. The summed E-state index contributed by atoms with van der Waals surface area (Å²) in [4.78, 5) is 0. The summed E-state index contributed by atoms with van der Waals surface area (Å²) in [6, 6.07) is 10.3. The van der Waals surface area contributed by atoms with Gasteiger partial charge in [0.05, 0.1) is 16.8 Å². The maximum Gasteiger partial charge on any atom is 0.418 e. The highest BCUT2D eigenvalue weighted by atomic mass is 79.9. The quantitative estimate of drug-likeness (QED) is 0.769. The van der Waals surface area contributed by atoms with E-state index in [0.29, 0.717) is 15.7 Å². The average molecular weight is 356 g/mol. The number of nitrogens with two attached hydrogens (primary N) is 1. The van der Waals surface area contributed by atoms with Crippen LogP contribution in [0.15, 0.2) is 40.9 Å². The Hall–Kier alpha value is -2.20. The van der Waals surface area contributed by atoms with Crippen molar-refractivity contribution in [3.8, 4) is 6.07 Å². The summed E-state index contributed by atoms with van der Waals surface area (Å²) in [5.74, 6) is 0. The predicted molar refractivity (Wildman–Crippen MR) is 78.0 cm³/mol. The highest BCUT2D eigenvalue weighted by Gasteiger charge is 2.33. The van der Waals surface area contributed by atoms with Gasteiger partial charge < -0.3 is 11.1 Å². The molecule has 3 nitrogen and oxygen atoms in total. The molecule has 0 fully saturated rings. The van der Waals surface area contributed by atoms with Crippen molar-refractivity contribution in [3.05, 3.63) is 52.0 Å². The lowest BCUT2D eigenvalue weighted by Crippen LogP contribution is -2.09. The highest BCUT2D eigenvalue weighted by molar-refractivity contribution is 9.10. The summed E-state index contributed by atoms with van der Waals surface area (Å²) in [6.45, 7) is 0. The molecule has 0 radical (unpaired) electrons. The van der Waals surface area contributed by atoms with E-state index in [1.54, 1.807) is 18.2 Å².